The zero-order valence-corrected chi connectivity index (χ0v) is 23.3. The Morgan fingerprint density at radius 2 is 2.10 bits per heavy atom. The molecular weight excluding hydrogens is 501 g/mol. The number of aryl methyl sites for hydroxylation is 1. The number of piperidine rings is 1. The summed E-state index contributed by atoms with van der Waals surface area (Å²) in [4.78, 5) is 23.8. The Morgan fingerprint density at radius 1 is 1.28 bits per heavy atom. The first kappa shape index (κ1) is 27.0. The van der Waals surface area contributed by atoms with Gasteiger partial charge in [0.2, 0.25) is 5.95 Å². The summed E-state index contributed by atoms with van der Waals surface area (Å²) in [5, 5.41) is 14.3. The number of benzene rings is 1. The van der Waals surface area contributed by atoms with E-state index in [1.54, 1.807) is 18.2 Å². The summed E-state index contributed by atoms with van der Waals surface area (Å²) < 4.78 is 23.3. The van der Waals surface area contributed by atoms with Gasteiger partial charge < -0.3 is 15.4 Å². The number of halogens is 1. The smallest absolute Gasteiger partial charge is 0.368 e. The first-order valence-corrected chi connectivity index (χ1v) is 13.8. The normalized spacial score (nSPS) is 21.4. The fourth-order valence-electron chi connectivity index (χ4n) is 5.98. The number of nitrogens with zero attached hydrogens (tertiary/aromatic N) is 7. The molecule has 2 aliphatic heterocycles. The highest BCUT2D eigenvalue weighted by atomic mass is 19.1. The summed E-state index contributed by atoms with van der Waals surface area (Å²) in [7, 11) is 1.53. The second-order valence-electron chi connectivity index (χ2n) is 11.3. The van der Waals surface area contributed by atoms with E-state index < -0.39 is 11.5 Å². The fourth-order valence-corrected chi connectivity index (χ4v) is 5.98. The van der Waals surface area contributed by atoms with E-state index in [9.17, 15) is 9.18 Å². The van der Waals surface area contributed by atoms with Crippen molar-refractivity contribution in [3.63, 3.8) is 0 Å². The molecule has 5 rings (SSSR count). The van der Waals surface area contributed by atoms with Crippen LogP contribution in [0.25, 0.3) is 5.69 Å². The Kier molecular flexibility index (Phi) is 7.57. The average Bonchev–Trinajstić information content (AvgIpc) is 3.49. The highest BCUT2D eigenvalue weighted by Crippen LogP contribution is 2.38. The Hall–Kier alpha value is -3.54. The van der Waals surface area contributed by atoms with Gasteiger partial charge in [0.1, 0.15) is 11.4 Å². The van der Waals surface area contributed by atoms with Crippen molar-refractivity contribution in [3.05, 3.63) is 40.7 Å². The Labute approximate surface area is 227 Å². The summed E-state index contributed by atoms with van der Waals surface area (Å²) in [5.74, 6) is 0.431. The maximum Gasteiger partial charge on any atom is 0.368 e. The molecule has 0 bridgehead atoms. The van der Waals surface area contributed by atoms with E-state index in [1.807, 2.05) is 6.92 Å². The van der Waals surface area contributed by atoms with E-state index in [0.29, 0.717) is 23.2 Å². The summed E-state index contributed by atoms with van der Waals surface area (Å²) >= 11 is 0. The molecular formula is C27H38FN9O2. The van der Waals surface area contributed by atoms with Gasteiger partial charge in [0.05, 0.1) is 12.3 Å². The number of anilines is 3. The largest absolute Gasteiger partial charge is 0.488 e. The highest BCUT2D eigenvalue weighted by Gasteiger charge is 2.43. The van der Waals surface area contributed by atoms with Crippen molar-refractivity contribution in [2.75, 3.05) is 17.2 Å². The average molecular weight is 540 g/mol. The van der Waals surface area contributed by atoms with Gasteiger partial charge in [-0.2, -0.15) is 14.3 Å². The molecule has 39 heavy (non-hydrogen) atoms. The van der Waals surface area contributed by atoms with Gasteiger partial charge in [-0.3, -0.25) is 4.90 Å². The molecule has 0 saturated carbocycles. The van der Waals surface area contributed by atoms with Crippen LogP contribution in [-0.2, 0) is 7.05 Å². The number of hydrogen-bond acceptors (Lipinski definition) is 9. The van der Waals surface area contributed by atoms with Crippen LogP contribution in [0.1, 0.15) is 66.2 Å². The van der Waals surface area contributed by atoms with Gasteiger partial charge >= 0.3 is 5.69 Å². The lowest BCUT2D eigenvalue weighted by Crippen LogP contribution is -2.55. The Morgan fingerprint density at radius 3 is 2.85 bits per heavy atom. The molecule has 12 heteroatoms. The minimum Gasteiger partial charge on any atom is -0.488 e. The first-order valence-electron chi connectivity index (χ1n) is 13.8. The van der Waals surface area contributed by atoms with E-state index in [1.165, 1.54) is 30.8 Å². The van der Waals surface area contributed by atoms with E-state index >= 15 is 0 Å². The van der Waals surface area contributed by atoms with E-state index in [2.05, 4.69) is 56.7 Å². The van der Waals surface area contributed by atoms with Crippen molar-refractivity contribution >= 4 is 17.5 Å². The maximum absolute atomic E-state index is 14.8. The molecule has 0 unspecified atom stereocenters. The van der Waals surface area contributed by atoms with Crippen LogP contribution >= 0.6 is 0 Å². The van der Waals surface area contributed by atoms with Gasteiger partial charge in [0.25, 0.3) is 0 Å². The standard InChI is InChI=1S/C27H38FN9O2/c1-6-8-17(2)39-23-11-10-18(14-22(23)37-26(38)35(5)33-34-37)31-25-29-16-21(28)24(32-25)30-19-13-20-9-7-12-36(20)27(3,4)15-19/h10-11,14,16-17,19-20H,6-9,12-13,15H2,1-5H3,(H2,29,30,31,32)/t17-,19-,20+/m1/s1. The molecule has 0 aliphatic carbocycles. The highest BCUT2D eigenvalue weighted by molar-refractivity contribution is 5.62. The van der Waals surface area contributed by atoms with Crippen molar-refractivity contribution < 1.29 is 9.13 Å². The van der Waals surface area contributed by atoms with Gasteiger partial charge in [-0.05, 0) is 88.0 Å². The second-order valence-corrected chi connectivity index (χ2v) is 11.3. The Balaban J connectivity index is 1.38. The van der Waals surface area contributed by atoms with Crippen molar-refractivity contribution in [1.29, 1.82) is 0 Å². The van der Waals surface area contributed by atoms with Crippen LogP contribution in [0.15, 0.2) is 29.2 Å². The van der Waals surface area contributed by atoms with Crippen LogP contribution in [0.5, 0.6) is 5.75 Å². The second kappa shape index (κ2) is 10.9. The summed E-state index contributed by atoms with van der Waals surface area (Å²) in [6.45, 7) is 9.73. The van der Waals surface area contributed by atoms with Crippen LogP contribution in [0.3, 0.4) is 0 Å². The lowest BCUT2D eigenvalue weighted by atomic mass is 9.84. The minimum atomic E-state index is -0.493. The number of fused-ring (bicyclic) bond motifs is 1. The van der Waals surface area contributed by atoms with Gasteiger partial charge in [0.15, 0.2) is 11.6 Å². The maximum atomic E-state index is 14.8. The zero-order chi connectivity index (χ0) is 27.7. The topological polar surface area (TPSA) is 115 Å². The minimum absolute atomic E-state index is 0.0462. The molecule has 0 radical (unpaired) electrons. The van der Waals surface area contributed by atoms with Crippen molar-refractivity contribution in [1.82, 2.24) is 34.7 Å². The Bertz CT molecular complexity index is 1370. The third-order valence-electron chi connectivity index (χ3n) is 7.73. The SMILES string of the molecule is CCC[C@@H](C)Oc1ccc(Nc2ncc(F)c(N[C@@H]3C[C@@H]4CCCN4C(C)(C)C3)n2)cc1-n1nnn(C)c1=O. The molecule has 1 aromatic carbocycles. The molecule has 2 aliphatic rings. The molecule has 11 nitrogen and oxygen atoms in total. The molecule has 3 aromatic rings. The molecule has 0 spiro atoms. The van der Waals surface area contributed by atoms with Crippen molar-refractivity contribution in [3.8, 4) is 11.4 Å². The molecule has 2 N–H and O–H groups in total. The molecule has 4 heterocycles. The number of hydrogen-bond donors (Lipinski definition) is 2. The molecule has 2 fully saturated rings. The zero-order valence-electron chi connectivity index (χ0n) is 23.3. The third kappa shape index (κ3) is 5.75. The summed E-state index contributed by atoms with van der Waals surface area (Å²) in [6, 6.07) is 5.93. The number of aromatic nitrogens is 6. The number of ether oxygens (including phenoxy) is 1. The van der Waals surface area contributed by atoms with Crippen LogP contribution in [0, 0.1) is 5.82 Å². The predicted molar refractivity (Wildman–Crippen MR) is 147 cm³/mol. The monoisotopic (exact) mass is 539 g/mol. The van der Waals surface area contributed by atoms with Gasteiger partial charge in [-0.1, -0.05) is 13.3 Å². The van der Waals surface area contributed by atoms with Gasteiger partial charge in [-0.25, -0.2) is 14.2 Å². The molecule has 2 aromatic heterocycles. The van der Waals surface area contributed by atoms with Crippen molar-refractivity contribution in [2.45, 2.75) is 89.9 Å². The quantitative estimate of drug-likeness (QED) is 0.416. The summed E-state index contributed by atoms with van der Waals surface area (Å²) in [5.41, 5.74) is 0.679. The number of tetrazole rings is 1. The number of nitrogens with one attached hydrogen (secondary N) is 2. The lowest BCUT2D eigenvalue weighted by Gasteiger charge is -2.47. The summed E-state index contributed by atoms with van der Waals surface area (Å²) in [6.07, 6.45) is 7.21. The molecule has 2 saturated heterocycles. The number of rotatable bonds is 9. The van der Waals surface area contributed by atoms with Crippen LogP contribution in [-0.4, -0.2) is 64.9 Å². The van der Waals surface area contributed by atoms with Crippen LogP contribution < -0.4 is 21.1 Å². The molecule has 0 amide bonds. The molecule has 210 valence electrons. The van der Waals surface area contributed by atoms with E-state index in [4.69, 9.17) is 4.74 Å². The first-order chi connectivity index (χ1) is 18.6. The van der Waals surface area contributed by atoms with Crippen molar-refractivity contribution in [2.24, 2.45) is 7.05 Å². The van der Waals surface area contributed by atoms with E-state index in [0.717, 1.165) is 36.9 Å². The molecule has 3 atom stereocenters. The lowest BCUT2D eigenvalue weighted by molar-refractivity contribution is 0.0500. The van der Waals surface area contributed by atoms with E-state index in [-0.39, 0.29) is 29.5 Å². The van der Waals surface area contributed by atoms with Crippen LogP contribution in [0.2, 0.25) is 0 Å². The van der Waals surface area contributed by atoms with Crippen LogP contribution in [0.4, 0.5) is 21.8 Å². The fraction of sp³-hybridized carbons (Fsp3) is 0.593. The predicted octanol–water partition coefficient (Wildman–Crippen LogP) is 4.02. The van der Waals surface area contributed by atoms with Gasteiger partial charge in [0, 0.05) is 30.4 Å². The van der Waals surface area contributed by atoms with Gasteiger partial charge in [-0.15, -0.1) is 0 Å². The third-order valence-corrected chi connectivity index (χ3v) is 7.73.